The van der Waals surface area contributed by atoms with Crippen LogP contribution in [-0.2, 0) is 4.79 Å². The van der Waals surface area contributed by atoms with Crippen LogP contribution < -0.4 is 15.0 Å². The number of nitrogens with zero attached hydrogens (tertiary/aromatic N) is 6. The number of hydrogen-bond donors (Lipinski definition) is 1. The van der Waals surface area contributed by atoms with Crippen LogP contribution in [0.4, 0.5) is 14.6 Å². The summed E-state index contributed by atoms with van der Waals surface area (Å²) in [7, 11) is 0. The molecule has 1 aromatic carbocycles. The topological polar surface area (TPSA) is 88.4 Å². The van der Waals surface area contributed by atoms with Gasteiger partial charge in [0.2, 0.25) is 5.91 Å². The maximum atomic E-state index is 14.4. The van der Waals surface area contributed by atoms with Crippen molar-refractivity contribution in [3.63, 3.8) is 0 Å². The van der Waals surface area contributed by atoms with Gasteiger partial charge in [-0.3, -0.25) is 9.48 Å². The Hall–Kier alpha value is -3.31. The summed E-state index contributed by atoms with van der Waals surface area (Å²) >= 11 is 6.48. The van der Waals surface area contributed by atoms with Gasteiger partial charge < -0.3 is 19.9 Å². The summed E-state index contributed by atoms with van der Waals surface area (Å²) in [5.74, 6) is 1.12. The molecule has 12 heteroatoms. The van der Waals surface area contributed by atoms with Gasteiger partial charge in [0.1, 0.15) is 24.1 Å². The first-order chi connectivity index (χ1) is 19.2. The van der Waals surface area contributed by atoms with Crippen molar-refractivity contribution in [2.75, 3.05) is 37.6 Å². The van der Waals surface area contributed by atoms with Crippen LogP contribution in [0.15, 0.2) is 36.9 Å². The maximum absolute atomic E-state index is 14.4. The lowest BCUT2D eigenvalue weighted by Gasteiger charge is -2.54. The Morgan fingerprint density at radius 2 is 1.98 bits per heavy atom. The quantitative estimate of drug-likeness (QED) is 0.461. The molecule has 40 heavy (non-hydrogen) atoms. The third-order valence-electron chi connectivity index (χ3n) is 8.18. The highest BCUT2D eigenvalue weighted by Crippen LogP contribution is 2.46. The molecule has 3 aliphatic heterocycles. The molecule has 0 radical (unpaired) electrons. The number of hydrogen-bond acceptors (Lipinski definition) is 7. The fourth-order valence-electron chi connectivity index (χ4n) is 6.03. The van der Waals surface area contributed by atoms with Gasteiger partial charge >= 0.3 is 0 Å². The van der Waals surface area contributed by atoms with Gasteiger partial charge in [-0.2, -0.15) is 5.10 Å². The minimum absolute atomic E-state index is 0.00302. The second-order valence-corrected chi connectivity index (χ2v) is 11.7. The average molecular weight is 572 g/mol. The molecule has 6 rings (SSSR count). The Morgan fingerprint density at radius 1 is 1.20 bits per heavy atom. The third kappa shape index (κ3) is 5.01. The van der Waals surface area contributed by atoms with Gasteiger partial charge in [-0.25, -0.2) is 18.7 Å². The highest BCUT2D eigenvalue weighted by atomic mass is 35.5. The standard InChI is InChI=1S/C28H32ClF2N7O2/c1-17(2)38-25(21(29)12-35-38)20-9-18(30)3-4-23(20)40-24-13-32-16-34-26(24)37-14-28(15-37)5-7-36(8-6-28)27(39)22-10-19(31)11-33-22/h3-4,9,12-13,16-17,19,22,33H,5-8,10-11,14-15H2,1-2H3/t19-,22+/m1/s1. The van der Waals surface area contributed by atoms with E-state index in [1.807, 2.05) is 18.7 Å². The SMILES string of the molecule is CC(C)n1ncc(Cl)c1-c1cc(F)ccc1Oc1cncnc1N1CC2(CCN(C(=O)[C@@H]3C[C@@H](F)CN3)CC2)C1. The molecule has 1 amide bonds. The number of alkyl halides is 1. The van der Waals surface area contributed by atoms with Gasteiger partial charge in [0.15, 0.2) is 11.6 Å². The summed E-state index contributed by atoms with van der Waals surface area (Å²) in [5.41, 5.74) is 1.14. The molecule has 2 atom stereocenters. The molecule has 0 unspecified atom stereocenters. The van der Waals surface area contributed by atoms with Crippen molar-refractivity contribution < 1.29 is 18.3 Å². The van der Waals surface area contributed by atoms with E-state index in [1.165, 1.54) is 18.5 Å². The predicted octanol–water partition coefficient (Wildman–Crippen LogP) is 4.63. The summed E-state index contributed by atoms with van der Waals surface area (Å²) in [4.78, 5) is 25.5. The molecule has 5 heterocycles. The Kier molecular flexibility index (Phi) is 7.12. The number of aromatic nitrogens is 4. The van der Waals surface area contributed by atoms with Crippen molar-refractivity contribution in [3.8, 4) is 22.8 Å². The van der Waals surface area contributed by atoms with Crippen LogP contribution in [0, 0.1) is 11.2 Å². The van der Waals surface area contributed by atoms with Crippen molar-refractivity contribution in [2.45, 2.75) is 51.4 Å². The van der Waals surface area contributed by atoms with Crippen LogP contribution in [0.2, 0.25) is 5.02 Å². The van der Waals surface area contributed by atoms with Gasteiger partial charge in [0.25, 0.3) is 0 Å². The first-order valence-electron chi connectivity index (χ1n) is 13.6. The minimum Gasteiger partial charge on any atom is -0.451 e. The average Bonchev–Trinajstić information content (AvgIpc) is 3.54. The van der Waals surface area contributed by atoms with E-state index < -0.39 is 18.0 Å². The van der Waals surface area contributed by atoms with Crippen LogP contribution in [0.5, 0.6) is 11.5 Å². The van der Waals surface area contributed by atoms with Crippen molar-refractivity contribution in [2.24, 2.45) is 5.41 Å². The Morgan fingerprint density at radius 3 is 2.67 bits per heavy atom. The first-order valence-corrected chi connectivity index (χ1v) is 14.0. The number of piperidine rings is 1. The number of amides is 1. The van der Waals surface area contributed by atoms with Gasteiger partial charge in [0.05, 0.1) is 29.2 Å². The molecular formula is C28H32ClF2N7O2. The van der Waals surface area contributed by atoms with Crippen LogP contribution >= 0.6 is 11.6 Å². The molecule has 3 aromatic rings. The predicted molar refractivity (Wildman–Crippen MR) is 147 cm³/mol. The van der Waals surface area contributed by atoms with Gasteiger partial charge in [-0.05, 0) is 44.9 Å². The molecule has 0 saturated carbocycles. The molecule has 9 nitrogen and oxygen atoms in total. The molecule has 0 bridgehead atoms. The van der Waals surface area contributed by atoms with E-state index in [2.05, 4.69) is 25.3 Å². The number of likely N-dealkylation sites (tertiary alicyclic amines) is 1. The summed E-state index contributed by atoms with van der Waals surface area (Å²) in [5, 5.41) is 7.76. The number of ether oxygens (including phenoxy) is 1. The van der Waals surface area contributed by atoms with Crippen LogP contribution in [0.25, 0.3) is 11.3 Å². The van der Waals surface area contributed by atoms with E-state index in [4.69, 9.17) is 16.3 Å². The maximum Gasteiger partial charge on any atom is 0.239 e. The van der Waals surface area contributed by atoms with Crippen LogP contribution in [-0.4, -0.2) is 75.5 Å². The van der Waals surface area contributed by atoms with E-state index in [0.717, 1.165) is 25.9 Å². The summed E-state index contributed by atoms with van der Waals surface area (Å²) in [6, 6.07) is 3.90. The van der Waals surface area contributed by atoms with E-state index >= 15 is 0 Å². The van der Waals surface area contributed by atoms with Crippen molar-refractivity contribution in [3.05, 3.63) is 47.8 Å². The van der Waals surface area contributed by atoms with E-state index in [0.29, 0.717) is 46.7 Å². The van der Waals surface area contributed by atoms with Gasteiger partial charge in [0, 0.05) is 56.2 Å². The second kappa shape index (κ2) is 10.6. The molecule has 3 saturated heterocycles. The molecule has 1 spiro atoms. The number of nitrogens with one attached hydrogen (secondary N) is 1. The van der Waals surface area contributed by atoms with E-state index in [1.54, 1.807) is 23.1 Å². The number of halogens is 3. The lowest BCUT2D eigenvalue weighted by molar-refractivity contribution is -0.135. The Bertz CT molecular complexity index is 1400. The summed E-state index contributed by atoms with van der Waals surface area (Å²) in [6.07, 6.45) is 5.70. The monoisotopic (exact) mass is 571 g/mol. The third-order valence-corrected chi connectivity index (χ3v) is 8.46. The zero-order valence-corrected chi connectivity index (χ0v) is 23.2. The molecule has 2 aromatic heterocycles. The minimum atomic E-state index is -0.949. The Balaban J connectivity index is 1.17. The van der Waals surface area contributed by atoms with E-state index in [-0.39, 0.29) is 30.3 Å². The first kappa shape index (κ1) is 26.9. The summed E-state index contributed by atoms with van der Waals surface area (Å²) in [6.45, 7) is 7.08. The lowest BCUT2D eigenvalue weighted by Crippen LogP contribution is -2.62. The second-order valence-electron chi connectivity index (χ2n) is 11.3. The molecule has 212 valence electrons. The highest BCUT2D eigenvalue weighted by molar-refractivity contribution is 6.33. The van der Waals surface area contributed by atoms with Crippen molar-refractivity contribution in [1.82, 2.24) is 30.0 Å². The Labute approximate surface area is 236 Å². The zero-order chi connectivity index (χ0) is 28.0. The van der Waals surface area contributed by atoms with Crippen LogP contribution in [0.1, 0.15) is 39.2 Å². The van der Waals surface area contributed by atoms with Gasteiger partial charge in [-0.15, -0.1) is 0 Å². The smallest absolute Gasteiger partial charge is 0.239 e. The molecule has 1 N–H and O–H groups in total. The normalized spacial score (nSPS) is 22.1. The highest BCUT2D eigenvalue weighted by Gasteiger charge is 2.47. The fraction of sp³-hybridized carbons (Fsp3) is 0.500. The number of rotatable bonds is 6. The fourth-order valence-corrected chi connectivity index (χ4v) is 6.26. The van der Waals surface area contributed by atoms with Crippen LogP contribution in [0.3, 0.4) is 0 Å². The molecular weight excluding hydrogens is 540 g/mol. The number of carbonyl (C=O) groups is 1. The number of benzene rings is 1. The van der Waals surface area contributed by atoms with Gasteiger partial charge in [-0.1, -0.05) is 11.6 Å². The molecule has 3 fully saturated rings. The molecule has 3 aliphatic rings. The number of carbonyl (C=O) groups excluding carboxylic acids is 1. The largest absolute Gasteiger partial charge is 0.451 e. The van der Waals surface area contributed by atoms with Crippen molar-refractivity contribution >= 4 is 23.3 Å². The van der Waals surface area contributed by atoms with Crippen molar-refractivity contribution in [1.29, 1.82) is 0 Å². The number of anilines is 1. The van der Waals surface area contributed by atoms with E-state index in [9.17, 15) is 13.6 Å². The molecule has 0 aliphatic carbocycles. The zero-order valence-electron chi connectivity index (χ0n) is 22.5. The summed E-state index contributed by atoms with van der Waals surface area (Å²) < 4.78 is 36.0. The lowest BCUT2D eigenvalue weighted by atomic mass is 9.72.